The Morgan fingerprint density at radius 1 is 1.03 bits per heavy atom. The highest BCUT2D eigenvalue weighted by Crippen LogP contribution is 2.40. The summed E-state index contributed by atoms with van der Waals surface area (Å²) in [5, 5.41) is 22.2. The third-order valence-electron chi connectivity index (χ3n) is 6.29. The quantitative estimate of drug-likeness (QED) is 0.164. The van der Waals surface area contributed by atoms with Gasteiger partial charge in [-0.1, -0.05) is 18.2 Å². The van der Waals surface area contributed by atoms with Crippen molar-refractivity contribution in [2.24, 2.45) is 0 Å². The predicted octanol–water partition coefficient (Wildman–Crippen LogP) is 4.46. The summed E-state index contributed by atoms with van der Waals surface area (Å²) in [6, 6.07) is 17.2. The van der Waals surface area contributed by atoms with Crippen LogP contribution in [-0.2, 0) is 16.1 Å². The summed E-state index contributed by atoms with van der Waals surface area (Å²) in [6.07, 6.45) is 1.61. The van der Waals surface area contributed by atoms with Gasteiger partial charge in [-0.2, -0.15) is 0 Å². The number of aromatic nitrogens is 1. The van der Waals surface area contributed by atoms with Crippen molar-refractivity contribution in [2.45, 2.75) is 26.4 Å². The van der Waals surface area contributed by atoms with Crippen LogP contribution in [0.2, 0.25) is 0 Å². The SMILES string of the molecule is CCN(CC)c1ccc(C2/C(=C(/O)c3ccc([N+](=O)[O-])cc3)C(=O)C(=O)N2Cc2ccccn2)cc1. The number of hydrogen-bond donors (Lipinski definition) is 1. The molecule has 4 rings (SSSR count). The molecule has 0 saturated carbocycles. The maximum absolute atomic E-state index is 13.2. The lowest BCUT2D eigenvalue weighted by Gasteiger charge is -2.26. The van der Waals surface area contributed by atoms with Crippen LogP contribution < -0.4 is 4.90 Å². The number of carbonyl (C=O) groups excluding carboxylic acids is 2. The van der Waals surface area contributed by atoms with Crippen LogP contribution in [0.1, 0.15) is 36.7 Å². The standard InChI is InChI=1S/C27H26N4O5/c1-3-29(4-2)21-12-8-18(9-13-21)24-23(25(32)19-10-14-22(15-11-19)31(35)36)26(33)27(34)30(24)17-20-7-5-6-16-28-20/h5-16,24,32H,3-4,17H2,1-2H3/b25-23-. The number of rotatable bonds is 8. The van der Waals surface area contributed by atoms with Gasteiger partial charge in [-0.3, -0.25) is 24.7 Å². The van der Waals surface area contributed by atoms with E-state index in [1.807, 2.05) is 24.3 Å². The number of ketones is 1. The van der Waals surface area contributed by atoms with Crippen molar-refractivity contribution in [3.05, 3.63) is 105 Å². The van der Waals surface area contributed by atoms with Gasteiger partial charge in [-0.25, -0.2) is 0 Å². The molecule has 1 unspecified atom stereocenters. The van der Waals surface area contributed by atoms with Gasteiger partial charge in [0.25, 0.3) is 17.4 Å². The van der Waals surface area contributed by atoms with Crippen molar-refractivity contribution < 1.29 is 19.6 Å². The molecule has 1 aliphatic rings. The number of aliphatic hydroxyl groups is 1. The van der Waals surface area contributed by atoms with E-state index in [1.165, 1.54) is 29.2 Å². The van der Waals surface area contributed by atoms with E-state index < -0.39 is 22.7 Å². The highest BCUT2D eigenvalue weighted by molar-refractivity contribution is 6.46. The minimum atomic E-state index is -0.854. The molecule has 2 heterocycles. The number of aliphatic hydroxyl groups excluding tert-OH is 1. The fraction of sp³-hybridized carbons (Fsp3) is 0.222. The van der Waals surface area contributed by atoms with E-state index in [0.29, 0.717) is 11.3 Å². The second-order valence-electron chi connectivity index (χ2n) is 8.32. The Kier molecular flexibility index (Phi) is 7.10. The van der Waals surface area contributed by atoms with Crippen molar-refractivity contribution in [3.8, 4) is 0 Å². The second-order valence-corrected chi connectivity index (χ2v) is 8.32. The Morgan fingerprint density at radius 2 is 1.69 bits per heavy atom. The van der Waals surface area contributed by atoms with Gasteiger partial charge < -0.3 is 14.9 Å². The number of anilines is 1. The summed E-state index contributed by atoms with van der Waals surface area (Å²) in [7, 11) is 0. The van der Waals surface area contributed by atoms with Crippen LogP contribution in [0, 0.1) is 10.1 Å². The van der Waals surface area contributed by atoms with Crippen LogP contribution in [-0.4, -0.2) is 44.7 Å². The molecule has 1 aromatic heterocycles. The van der Waals surface area contributed by atoms with E-state index in [4.69, 9.17) is 0 Å². The van der Waals surface area contributed by atoms with Crippen molar-refractivity contribution >= 4 is 28.8 Å². The number of likely N-dealkylation sites (tertiary alicyclic amines) is 1. The topological polar surface area (TPSA) is 117 Å². The van der Waals surface area contributed by atoms with Gasteiger partial charge >= 0.3 is 0 Å². The molecule has 0 radical (unpaired) electrons. The number of hydrogen-bond acceptors (Lipinski definition) is 7. The largest absolute Gasteiger partial charge is 0.507 e. The Morgan fingerprint density at radius 3 is 2.25 bits per heavy atom. The minimum Gasteiger partial charge on any atom is -0.507 e. The average Bonchev–Trinajstić information content (AvgIpc) is 3.15. The zero-order valence-corrected chi connectivity index (χ0v) is 20.0. The van der Waals surface area contributed by atoms with Crippen LogP contribution in [0.3, 0.4) is 0 Å². The highest BCUT2D eigenvalue weighted by Gasteiger charge is 2.46. The number of nitrogens with zero attached hydrogens (tertiary/aromatic N) is 4. The molecule has 0 bridgehead atoms. The summed E-state index contributed by atoms with van der Waals surface area (Å²) in [5.74, 6) is -1.95. The first-order chi connectivity index (χ1) is 17.3. The first kappa shape index (κ1) is 24.6. The lowest BCUT2D eigenvalue weighted by atomic mass is 9.95. The smallest absolute Gasteiger partial charge is 0.296 e. The van der Waals surface area contributed by atoms with Crippen molar-refractivity contribution in [1.82, 2.24) is 9.88 Å². The van der Waals surface area contributed by atoms with Gasteiger partial charge in [0.2, 0.25) is 0 Å². The second kappa shape index (κ2) is 10.4. The molecular formula is C27H26N4O5. The number of non-ortho nitro benzene ring substituents is 1. The Hall–Kier alpha value is -4.53. The Bertz CT molecular complexity index is 1300. The van der Waals surface area contributed by atoms with Gasteiger partial charge in [0.15, 0.2) is 0 Å². The van der Waals surface area contributed by atoms with Crippen LogP contribution >= 0.6 is 0 Å². The molecule has 1 saturated heterocycles. The van der Waals surface area contributed by atoms with E-state index in [0.717, 1.165) is 18.8 Å². The van der Waals surface area contributed by atoms with Gasteiger partial charge in [-0.15, -0.1) is 0 Å². The third-order valence-corrected chi connectivity index (χ3v) is 6.29. The molecule has 9 nitrogen and oxygen atoms in total. The molecule has 0 spiro atoms. The normalized spacial score (nSPS) is 16.8. The molecule has 1 aliphatic heterocycles. The molecule has 3 aromatic rings. The maximum atomic E-state index is 13.2. The lowest BCUT2D eigenvalue weighted by Crippen LogP contribution is -2.29. The number of Topliss-reactive ketones (excluding diaryl/α,β-unsaturated/α-hetero) is 1. The van der Waals surface area contributed by atoms with Crippen molar-refractivity contribution in [3.63, 3.8) is 0 Å². The molecule has 2 aromatic carbocycles. The fourth-order valence-electron chi connectivity index (χ4n) is 4.41. The molecule has 36 heavy (non-hydrogen) atoms. The number of nitro groups is 1. The van der Waals surface area contributed by atoms with Crippen LogP contribution in [0.5, 0.6) is 0 Å². The number of benzene rings is 2. The third kappa shape index (κ3) is 4.68. The van der Waals surface area contributed by atoms with E-state index >= 15 is 0 Å². The number of carbonyl (C=O) groups is 2. The van der Waals surface area contributed by atoms with E-state index in [2.05, 4.69) is 23.7 Å². The predicted molar refractivity (Wildman–Crippen MR) is 135 cm³/mol. The summed E-state index contributed by atoms with van der Waals surface area (Å²) < 4.78 is 0. The fourth-order valence-corrected chi connectivity index (χ4v) is 4.41. The number of nitro benzene ring substituents is 1. The summed E-state index contributed by atoms with van der Waals surface area (Å²) >= 11 is 0. The van der Waals surface area contributed by atoms with Gasteiger partial charge in [-0.05, 0) is 55.8 Å². The number of amides is 1. The van der Waals surface area contributed by atoms with E-state index in [1.54, 1.807) is 24.4 Å². The molecule has 1 amide bonds. The first-order valence-electron chi connectivity index (χ1n) is 11.6. The average molecular weight is 487 g/mol. The van der Waals surface area contributed by atoms with E-state index in [9.17, 15) is 24.8 Å². The zero-order valence-electron chi connectivity index (χ0n) is 20.0. The Balaban J connectivity index is 1.82. The summed E-state index contributed by atoms with van der Waals surface area (Å²) in [4.78, 5) is 44.7. The maximum Gasteiger partial charge on any atom is 0.296 e. The van der Waals surface area contributed by atoms with Crippen molar-refractivity contribution in [1.29, 1.82) is 0 Å². The molecule has 1 fully saturated rings. The summed E-state index contributed by atoms with van der Waals surface area (Å²) in [6.45, 7) is 5.85. The highest BCUT2D eigenvalue weighted by atomic mass is 16.6. The monoisotopic (exact) mass is 486 g/mol. The van der Waals surface area contributed by atoms with Gasteiger partial charge in [0.1, 0.15) is 5.76 Å². The van der Waals surface area contributed by atoms with Crippen LogP contribution in [0.25, 0.3) is 5.76 Å². The summed E-state index contributed by atoms with van der Waals surface area (Å²) in [5.41, 5.74) is 2.25. The zero-order chi connectivity index (χ0) is 25.8. The van der Waals surface area contributed by atoms with Crippen molar-refractivity contribution in [2.75, 3.05) is 18.0 Å². The molecule has 184 valence electrons. The first-order valence-corrected chi connectivity index (χ1v) is 11.6. The number of pyridine rings is 1. The molecule has 1 atom stereocenters. The van der Waals surface area contributed by atoms with Gasteiger partial charge in [0.05, 0.1) is 28.8 Å². The lowest BCUT2D eigenvalue weighted by molar-refractivity contribution is -0.384. The molecule has 0 aliphatic carbocycles. The van der Waals surface area contributed by atoms with Crippen LogP contribution in [0.4, 0.5) is 11.4 Å². The molecular weight excluding hydrogens is 460 g/mol. The minimum absolute atomic E-state index is 0.0691. The van der Waals surface area contributed by atoms with Crippen LogP contribution in [0.15, 0.2) is 78.5 Å². The van der Waals surface area contributed by atoms with Gasteiger partial charge in [0, 0.05) is 42.7 Å². The van der Waals surface area contributed by atoms with E-state index in [-0.39, 0.29) is 29.1 Å². The molecule has 1 N–H and O–H groups in total. The Labute approximate surface area is 208 Å². The molecule has 9 heteroatoms.